The van der Waals surface area contributed by atoms with Crippen LogP contribution in [0, 0.1) is 11.3 Å². The molecule has 0 aliphatic carbocycles. The molecule has 1 amide bonds. The second-order valence-corrected chi connectivity index (χ2v) is 5.21. The van der Waals surface area contributed by atoms with Gasteiger partial charge in [0.25, 0.3) is 0 Å². The first-order valence-corrected chi connectivity index (χ1v) is 6.92. The van der Waals surface area contributed by atoms with Crippen LogP contribution in [-0.2, 0) is 4.79 Å². The van der Waals surface area contributed by atoms with Crippen LogP contribution in [0.2, 0.25) is 0 Å². The summed E-state index contributed by atoms with van der Waals surface area (Å²) >= 11 is 3.28. The maximum atomic E-state index is 11.9. The SMILES string of the molecule is N#Cc1cc(Br)ccc1NC(=O)/C=C/c1ccc(N)cc1. The van der Waals surface area contributed by atoms with Gasteiger partial charge >= 0.3 is 0 Å². The minimum atomic E-state index is -0.300. The van der Waals surface area contributed by atoms with E-state index in [1.54, 1.807) is 36.4 Å². The molecule has 0 unspecified atom stereocenters. The molecule has 0 heterocycles. The third-order valence-electron chi connectivity index (χ3n) is 2.72. The van der Waals surface area contributed by atoms with Crippen LogP contribution in [0.4, 0.5) is 11.4 Å². The van der Waals surface area contributed by atoms with Gasteiger partial charge in [0.05, 0.1) is 11.3 Å². The van der Waals surface area contributed by atoms with Gasteiger partial charge in [-0.15, -0.1) is 0 Å². The van der Waals surface area contributed by atoms with Gasteiger partial charge in [0.15, 0.2) is 0 Å². The zero-order valence-electron chi connectivity index (χ0n) is 11.0. The van der Waals surface area contributed by atoms with Crippen molar-refractivity contribution in [3.8, 4) is 6.07 Å². The summed E-state index contributed by atoms with van der Waals surface area (Å²) < 4.78 is 0.787. The summed E-state index contributed by atoms with van der Waals surface area (Å²) in [4.78, 5) is 11.9. The van der Waals surface area contributed by atoms with Crippen LogP contribution in [0.5, 0.6) is 0 Å². The second kappa shape index (κ2) is 6.73. The number of halogens is 1. The zero-order valence-corrected chi connectivity index (χ0v) is 12.6. The fourth-order valence-electron chi connectivity index (χ4n) is 1.67. The predicted octanol–water partition coefficient (Wildman–Crippen LogP) is 3.55. The van der Waals surface area contributed by atoms with E-state index in [1.807, 2.05) is 18.2 Å². The fourth-order valence-corrected chi connectivity index (χ4v) is 2.03. The summed E-state index contributed by atoms with van der Waals surface area (Å²) in [7, 11) is 0. The van der Waals surface area contributed by atoms with Gasteiger partial charge in [-0.25, -0.2) is 0 Å². The number of nitrogen functional groups attached to an aromatic ring is 1. The molecule has 5 heteroatoms. The van der Waals surface area contributed by atoms with Crippen LogP contribution < -0.4 is 11.1 Å². The van der Waals surface area contributed by atoms with Gasteiger partial charge in [0.1, 0.15) is 6.07 Å². The van der Waals surface area contributed by atoms with E-state index in [1.165, 1.54) is 6.08 Å². The lowest BCUT2D eigenvalue weighted by Gasteiger charge is -2.04. The first-order chi connectivity index (χ1) is 10.1. The van der Waals surface area contributed by atoms with Crippen molar-refractivity contribution >= 4 is 39.3 Å². The minimum Gasteiger partial charge on any atom is -0.399 e. The summed E-state index contributed by atoms with van der Waals surface area (Å²) in [5.41, 5.74) is 8.01. The average molecular weight is 342 g/mol. The van der Waals surface area contributed by atoms with Crippen LogP contribution in [0.3, 0.4) is 0 Å². The molecular formula is C16H12BrN3O. The molecule has 0 aliphatic rings. The van der Waals surface area contributed by atoms with Crippen LogP contribution >= 0.6 is 15.9 Å². The van der Waals surface area contributed by atoms with Gasteiger partial charge in [0.2, 0.25) is 5.91 Å². The molecular weight excluding hydrogens is 330 g/mol. The molecule has 0 fully saturated rings. The fraction of sp³-hybridized carbons (Fsp3) is 0. The quantitative estimate of drug-likeness (QED) is 0.661. The number of anilines is 2. The van der Waals surface area contributed by atoms with E-state index in [0.29, 0.717) is 16.9 Å². The molecule has 2 aromatic carbocycles. The Balaban J connectivity index is 2.08. The number of hydrogen-bond donors (Lipinski definition) is 2. The molecule has 0 aromatic heterocycles. The van der Waals surface area contributed by atoms with E-state index in [-0.39, 0.29) is 5.91 Å². The van der Waals surface area contributed by atoms with E-state index >= 15 is 0 Å². The van der Waals surface area contributed by atoms with Gasteiger partial charge in [-0.3, -0.25) is 4.79 Å². The van der Waals surface area contributed by atoms with Gasteiger partial charge < -0.3 is 11.1 Å². The number of nitrogens with zero attached hydrogens (tertiary/aromatic N) is 1. The third-order valence-corrected chi connectivity index (χ3v) is 3.22. The van der Waals surface area contributed by atoms with Crippen molar-refractivity contribution in [1.29, 1.82) is 5.26 Å². The Morgan fingerprint density at radius 2 is 1.95 bits per heavy atom. The number of nitrogens with one attached hydrogen (secondary N) is 1. The Kier molecular flexibility index (Phi) is 4.75. The molecule has 0 aliphatic heterocycles. The number of carbonyl (C=O) groups excluding carboxylic acids is 1. The van der Waals surface area contributed by atoms with Gasteiger partial charge in [0, 0.05) is 16.2 Å². The number of carbonyl (C=O) groups is 1. The van der Waals surface area contributed by atoms with E-state index in [4.69, 9.17) is 11.0 Å². The number of nitrogens with two attached hydrogens (primary N) is 1. The highest BCUT2D eigenvalue weighted by Gasteiger charge is 2.05. The lowest BCUT2D eigenvalue weighted by atomic mass is 10.2. The Hall–Kier alpha value is -2.58. The lowest BCUT2D eigenvalue weighted by molar-refractivity contribution is -0.111. The highest BCUT2D eigenvalue weighted by atomic mass is 79.9. The first kappa shape index (κ1) is 14.8. The summed E-state index contributed by atoms with van der Waals surface area (Å²) in [5.74, 6) is -0.300. The van der Waals surface area contributed by atoms with Gasteiger partial charge in [-0.05, 0) is 42.0 Å². The van der Waals surface area contributed by atoms with Crippen molar-refractivity contribution in [3.63, 3.8) is 0 Å². The zero-order chi connectivity index (χ0) is 15.2. The average Bonchev–Trinajstić information content (AvgIpc) is 2.48. The topological polar surface area (TPSA) is 78.9 Å². The molecule has 4 nitrogen and oxygen atoms in total. The third kappa shape index (κ3) is 4.20. The molecule has 104 valence electrons. The standard InChI is InChI=1S/C16H12BrN3O/c17-13-4-7-15(12(9-13)10-18)20-16(21)8-3-11-1-5-14(19)6-2-11/h1-9H,19H2,(H,20,21)/b8-3+. The largest absolute Gasteiger partial charge is 0.399 e. The maximum Gasteiger partial charge on any atom is 0.248 e. The van der Waals surface area contributed by atoms with Crippen molar-refractivity contribution in [1.82, 2.24) is 0 Å². The highest BCUT2D eigenvalue weighted by Crippen LogP contribution is 2.20. The summed E-state index contributed by atoms with van der Waals surface area (Å²) in [6.07, 6.45) is 3.09. The van der Waals surface area contributed by atoms with Crippen LogP contribution in [0.1, 0.15) is 11.1 Å². The summed E-state index contributed by atoms with van der Waals surface area (Å²) in [5, 5.41) is 11.7. The Labute approximate surface area is 131 Å². The molecule has 0 spiro atoms. The number of nitriles is 1. The minimum absolute atomic E-state index is 0.300. The van der Waals surface area contributed by atoms with Crippen molar-refractivity contribution < 1.29 is 4.79 Å². The van der Waals surface area contributed by atoms with Crippen LogP contribution in [0.25, 0.3) is 6.08 Å². The predicted molar refractivity (Wildman–Crippen MR) is 87.4 cm³/mol. The van der Waals surface area contributed by atoms with Crippen LogP contribution in [0.15, 0.2) is 53.0 Å². The normalized spacial score (nSPS) is 10.3. The Morgan fingerprint density at radius 1 is 1.24 bits per heavy atom. The van der Waals surface area contributed by atoms with E-state index in [9.17, 15) is 4.79 Å². The lowest BCUT2D eigenvalue weighted by Crippen LogP contribution is -2.09. The molecule has 0 atom stereocenters. The van der Waals surface area contributed by atoms with E-state index < -0.39 is 0 Å². The second-order valence-electron chi connectivity index (χ2n) is 4.29. The summed E-state index contributed by atoms with van der Waals surface area (Å²) in [6.45, 7) is 0. The maximum absolute atomic E-state index is 11.9. The van der Waals surface area contributed by atoms with Crippen molar-refractivity contribution in [2.75, 3.05) is 11.1 Å². The molecule has 3 N–H and O–H groups in total. The van der Waals surface area contributed by atoms with Crippen molar-refractivity contribution in [2.24, 2.45) is 0 Å². The Morgan fingerprint density at radius 3 is 2.62 bits per heavy atom. The summed E-state index contributed by atoms with van der Waals surface area (Å²) in [6, 6.07) is 14.3. The molecule has 0 bridgehead atoms. The van der Waals surface area contributed by atoms with E-state index in [2.05, 4.69) is 21.2 Å². The molecule has 0 saturated heterocycles. The molecule has 0 radical (unpaired) electrons. The number of benzene rings is 2. The smallest absolute Gasteiger partial charge is 0.248 e. The van der Waals surface area contributed by atoms with Gasteiger partial charge in [-0.1, -0.05) is 28.1 Å². The number of amides is 1. The number of rotatable bonds is 3. The van der Waals surface area contributed by atoms with Gasteiger partial charge in [-0.2, -0.15) is 5.26 Å². The first-order valence-electron chi connectivity index (χ1n) is 6.13. The molecule has 2 aromatic rings. The monoisotopic (exact) mass is 341 g/mol. The van der Waals surface area contributed by atoms with Crippen molar-refractivity contribution in [3.05, 3.63) is 64.1 Å². The van der Waals surface area contributed by atoms with Crippen molar-refractivity contribution in [2.45, 2.75) is 0 Å². The van der Waals surface area contributed by atoms with Crippen LogP contribution in [-0.4, -0.2) is 5.91 Å². The number of hydrogen-bond acceptors (Lipinski definition) is 3. The molecule has 21 heavy (non-hydrogen) atoms. The van der Waals surface area contributed by atoms with E-state index in [0.717, 1.165) is 10.0 Å². The Bertz CT molecular complexity index is 730. The highest BCUT2D eigenvalue weighted by molar-refractivity contribution is 9.10. The molecule has 0 saturated carbocycles. The molecule has 2 rings (SSSR count).